The number of allylic oxidation sites excluding steroid dienone is 2. The van der Waals surface area contributed by atoms with Gasteiger partial charge in [0.15, 0.2) is 0 Å². The lowest BCUT2D eigenvalue weighted by Crippen LogP contribution is -1.75. The second-order valence-corrected chi connectivity index (χ2v) is 1.09. The van der Waals surface area contributed by atoms with Crippen LogP contribution in [0.2, 0.25) is 0 Å². The van der Waals surface area contributed by atoms with Gasteiger partial charge in [0.1, 0.15) is 0 Å². The Kier molecular flexibility index (Phi) is 4.48. The van der Waals surface area contributed by atoms with Gasteiger partial charge in [-0.05, 0) is 21.7 Å². The Hall–Kier alpha value is -0.290. The minimum Gasteiger partial charge on any atom is -0.375 e. The first kappa shape index (κ1) is 5.71. The monoisotopic (exact) mass is 101 g/mol. The Morgan fingerprint density at radius 3 is 2.50 bits per heavy atom. The van der Waals surface area contributed by atoms with Crippen LogP contribution in [-0.4, -0.2) is 0 Å². The van der Waals surface area contributed by atoms with Crippen molar-refractivity contribution in [2.45, 2.75) is 0 Å². The lowest BCUT2D eigenvalue weighted by molar-refractivity contribution is 1.42. The standard InChI is InChI=1S/C4H8NP/c1-2-3-4-5-6/h2-5H,1,6H2/b4-3-. The van der Waals surface area contributed by atoms with Gasteiger partial charge in [0.05, 0.1) is 0 Å². The smallest absolute Gasteiger partial charge is 0.000760 e. The van der Waals surface area contributed by atoms with Gasteiger partial charge in [-0.25, -0.2) is 0 Å². The number of rotatable bonds is 2. The molecule has 0 aromatic rings. The molecule has 0 aliphatic carbocycles. The summed E-state index contributed by atoms with van der Waals surface area (Å²) in [6, 6.07) is 0. The van der Waals surface area contributed by atoms with E-state index in [0.29, 0.717) is 0 Å². The Labute approximate surface area is 40.4 Å². The molecular weight excluding hydrogens is 93.0 g/mol. The Bertz CT molecular complexity index is 58.6. The van der Waals surface area contributed by atoms with Crippen LogP contribution in [0.1, 0.15) is 0 Å². The molecule has 0 saturated heterocycles. The van der Waals surface area contributed by atoms with Gasteiger partial charge in [-0.15, -0.1) is 0 Å². The van der Waals surface area contributed by atoms with Gasteiger partial charge in [0.2, 0.25) is 0 Å². The highest BCUT2D eigenvalue weighted by Gasteiger charge is 1.50. The molecule has 1 N–H and O–H groups in total. The SMILES string of the molecule is C=C/C=C\NP. The molecule has 0 aliphatic heterocycles. The average molecular weight is 101 g/mol. The minimum absolute atomic E-state index is 1.71. The van der Waals surface area contributed by atoms with Crippen LogP contribution in [0.4, 0.5) is 0 Å². The van der Waals surface area contributed by atoms with Crippen LogP contribution in [0.15, 0.2) is 24.9 Å². The molecule has 0 amide bonds. The van der Waals surface area contributed by atoms with E-state index in [2.05, 4.69) is 21.1 Å². The third-order valence-corrected chi connectivity index (χ3v) is 0.521. The zero-order valence-electron chi connectivity index (χ0n) is 3.52. The van der Waals surface area contributed by atoms with Crippen molar-refractivity contribution in [1.29, 1.82) is 0 Å². The zero-order valence-corrected chi connectivity index (χ0v) is 4.67. The third kappa shape index (κ3) is 3.71. The molecule has 0 aliphatic rings. The molecule has 34 valence electrons. The van der Waals surface area contributed by atoms with E-state index in [-0.39, 0.29) is 0 Å². The lowest BCUT2D eigenvalue weighted by Gasteiger charge is -1.76. The van der Waals surface area contributed by atoms with E-state index in [1.54, 1.807) is 12.3 Å². The van der Waals surface area contributed by atoms with E-state index in [4.69, 9.17) is 0 Å². The molecule has 1 nitrogen and oxygen atoms in total. The molecule has 0 bridgehead atoms. The molecule has 0 aromatic carbocycles. The Morgan fingerprint density at radius 2 is 2.33 bits per heavy atom. The summed E-state index contributed by atoms with van der Waals surface area (Å²) in [5.41, 5.74) is 0. The van der Waals surface area contributed by atoms with Gasteiger partial charge in [0.25, 0.3) is 0 Å². The van der Waals surface area contributed by atoms with Gasteiger partial charge < -0.3 is 5.09 Å². The largest absolute Gasteiger partial charge is 0.375 e. The predicted molar refractivity (Wildman–Crippen MR) is 32.2 cm³/mol. The molecule has 6 heavy (non-hydrogen) atoms. The van der Waals surface area contributed by atoms with Crippen LogP contribution < -0.4 is 5.09 Å². The van der Waals surface area contributed by atoms with Crippen LogP contribution in [0.3, 0.4) is 0 Å². The van der Waals surface area contributed by atoms with Crippen LogP contribution in [0.5, 0.6) is 0 Å². The summed E-state index contributed by atoms with van der Waals surface area (Å²) in [5.74, 6) is 0. The Balaban J connectivity index is 2.94. The highest BCUT2D eigenvalue weighted by atomic mass is 31.0. The molecule has 0 fully saturated rings. The predicted octanol–water partition coefficient (Wildman–Crippen LogP) is 1.07. The molecule has 0 heterocycles. The summed E-state index contributed by atoms with van der Waals surface area (Å²) >= 11 is 0. The molecule has 0 rings (SSSR count). The summed E-state index contributed by atoms with van der Waals surface area (Å²) in [6.45, 7) is 3.46. The second kappa shape index (κ2) is 4.71. The molecule has 0 radical (unpaired) electrons. The highest BCUT2D eigenvalue weighted by molar-refractivity contribution is 7.13. The fraction of sp³-hybridized carbons (Fsp3) is 0. The van der Waals surface area contributed by atoms with Crippen LogP contribution in [0, 0.1) is 0 Å². The van der Waals surface area contributed by atoms with Crippen molar-refractivity contribution in [3.8, 4) is 0 Å². The number of hydrogen-bond acceptors (Lipinski definition) is 1. The fourth-order valence-corrected chi connectivity index (χ4v) is 0.235. The van der Waals surface area contributed by atoms with Crippen molar-refractivity contribution in [2.75, 3.05) is 0 Å². The summed E-state index contributed by atoms with van der Waals surface area (Å²) in [7, 11) is 2.34. The second-order valence-electron chi connectivity index (χ2n) is 0.761. The topological polar surface area (TPSA) is 12.0 Å². The highest BCUT2D eigenvalue weighted by Crippen LogP contribution is 1.70. The normalized spacial score (nSPS) is 8.83. The Morgan fingerprint density at radius 1 is 1.67 bits per heavy atom. The van der Waals surface area contributed by atoms with E-state index in [1.165, 1.54) is 0 Å². The maximum atomic E-state index is 3.46. The molecule has 0 aromatic heterocycles. The first-order valence-corrected chi connectivity index (χ1v) is 2.23. The van der Waals surface area contributed by atoms with Crippen molar-refractivity contribution in [1.82, 2.24) is 5.09 Å². The molecule has 0 spiro atoms. The van der Waals surface area contributed by atoms with Gasteiger partial charge in [-0.2, -0.15) is 0 Å². The van der Waals surface area contributed by atoms with E-state index >= 15 is 0 Å². The van der Waals surface area contributed by atoms with Crippen LogP contribution in [-0.2, 0) is 0 Å². The molecule has 0 saturated carbocycles. The number of nitrogens with one attached hydrogen (secondary N) is 1. The molecule has 2 heteroatoms. The van der Waals surface area contributed by atoms with Crippen molar-refractivity contribution in [3.63, 3.8) is 0 Å². The van der Waals surface area contributed by atoms with Crippen LogP contribution in [0.25, 0.3) is 0 Å². The van der Waals surface area contributed by atoms with Gasteiger partial charge in [-0.1, -0.05) is 12.7 Å². The van der Waals surface area contributed by atoms with Gasteiger partial charge in [0, 0.05) is 0 Å². The summed E-state index contributed by atoms with van der Waals surface area (Å²) in [6.07, 6.45) is 5.29. The van der Waals surface area contributed by atoms with E-state index in [9.17, 15) is 0 Å². The fourth-order valence-electron chi connectivity index (χ4n) is 0.124. The lowest BCUT2D eigenvalue weighted by atomic mass is 10.6. The van der Waals surface area contributed by atoms with Gasteiger partial charge >= 0.3 is 0 Å². The quantitative estimate of drug-likeness (QED) is 0.405. The molecule has 1 unspecified atom stereocenters. The third-order valence-electron chi connectivity index (χ3n) is 0.329. The zero-order chi connectivity index (χ0) is 4.83. The van der Waals surface area contributed by atoms with E-state index in [0.717, 1.165) is 0 Å². The van der Waals surface area contributed by atoms with Crippen molar-refractivity contribution in [3.05, 3.63) is 24.9 Å². The summed E-state index contributed by atoms with van der Waals surface area (Å²) < 4.78 is 0. The molecule has 1 atom stereocenters. The number of hydrogen-bond donors (Lipinski definition) is 1. The maximum absolute atomic E-state index is 3.46. The minimum atomic E-state index is 1.71. The van der Waals surface area contributed by atoms with Crippen molar-refractivity contribution >= 4 is 9.39 Å². The average Bonchev–Trinajstić information content (AvgIpc) is 1.61. The maximum Gasteiger partial charge on any atom is -0.000760 e. The first-order chi connectivity index (χ1) is 2.91. The van der Waals surface area contributed by atoms with Crippen LogP contribution >= 0.6 is 9.39 Å². The summed E-state index contributed by atoms with van der Waals surface area (Å²) in [5, 5.41) is 2.73. The van der Waals surface area contributed by atoms with E-state index in [1.807, 2.05) is 6.08 Å². The van der Waals surface area contributed by atoms with Crippen molar-refractivity contribution in [2.24, 2.45) is 0 Å². The van der Waals surface area contributed by atoms with Gasteiger partial charge in [-0.3, -0.25) is 0 Å². The first-order valence-electron chi connectivity index (χ1n) is 1.65. The van der Waals surface area contributed by atoms with Crippen molar-refractivity contribution < 1.29 is 0 Å². The summed E-state index contributed by atoms with van der Waals surface area (Å²) in [4.78, 5) is 0. The molecular formula is C4H8NP. The van der Waals surface area contributed by atoms with E-state index < -0.39 is 0 Å².